The zero-order valence-electron chi connectivity index (χ0n) is 11.3. The van der Waals surface area contributed by atoms with Crippen molar-refractivity contribution in [2.24, 2.45) is 5.73 Å². The van der Waals surface area contributed by atoms with Gasteiger partial charge in [0, 0.05) is 26.6 Å². The Bertz CT molecular complexity index is 430. The zero-order chi connectivity index (χ0) is 13.7. The van der Waals surface area contributed by atoms with E-state index in [0.717, 1.165) is 5.69 Å². The van der Waals surface area contributed by atoms with Crippen LogP contribution in [0.5, 0.6) is 11.5 Å². The summed E-state index contributed by atoms with van der Waals surface area (Å²) in [6.07, 6.45) is 0.292. The number of nitrogens with two attached hydrogens (primary N) is 1. The number of benzene rings is 1. The van der Waals surface area contributed by atoms with Crippen LogP contribution in [-0.2, 0) is 0 Å². The fraction of sp³-hybridized carbons (Fsp3) is 0.462. The Balaban J connectivity index is 3.30. The Hall–Kier alpha value is -1.75. The number of carbonyl (C=O) groups excluding carboxylic acids is 1. The molecule has 1 rings (SSSR count). The lowest BCUT2D eigenvalue weighted by molar-refractivity contribution is 0.0982. The van der Waals surface area contributed by atoms with E-state index in [-0.39, 0.29) is 5.78 Å². The Morgan fingerprint density at radius 3 is 2.28 bits per heavy atom. The number of methoxy groups -OCH3 is 2. The van der Waals surface area contributed by atoms with E-state index in [0.29, 0.717) is 30.0 Å². The first kappa shape index (κ1) is 14.3. The van der Waals surface area contributed by atoms with Crippen LogP contribution >= 0.6 is 0 Å². The van der Waals surface area contributed by atoms with Crippen molar-refractivity contribution in [1.82, 2.24) is 0 Å². The molecule has 0 saturated carbocycles. The highest BCUT2D eigenvalue weighted by molar-refractivity contribution is 6.00. The third-order valence-corrected chi connectivity index (χ3v) is 2.65. The van der Waals surface area contributed by atoms with E-state index in [4.69, 9.17) is 15.2 Å². The van der Waals surface area contributed by atoms with Crippen LogP contribution in [-0.4, -0.2) is 40.6 Å². The van der Waals surface area contributed by atoms with Gasteiger partial charge in [0.1, 0.15) is 11.5 Å². The van der Waals surface area contributed by atoms with E-state index in [2.05, 4.69) is 0 Å². The van der Waals surface area contributed by atoms with Gasteiger partial charge in [-0.15, -0.1) is 0 Å². The quantitative estimate of drug-likeness (QED) is 0.773. The smallest absolute Gasteiger partial charge is 0.167 e. The van der Waals surface area contributed by atoms with Gasteiger partial charge < -0.3 is 20.1 Å². The van der Waals surface area contributed by atoms with Crippen LogP contribution in [0.3, 0.4) is 0 Å². The molecule has 18 heavy (non-hydrogen) atoms. The molecule has 0 unspecified atom stereocenters. The summed E-state index contributed by atoms with van der Waals surface area (Å²) in [4.78, 5) is 13.8. The van der Waals surface area contributed by atoms with Crippen molar-refractivity contribution in [3.63, 3.8) is 0 Å². The first-order chi connectivity index (χ1) is 8.54. The molecule has 5 nitrogen and oxygen atoms in total. The minimum absolute atomic E-state index is 0.0436. The Morgan fingerprint density at radius 2 is 1.83 bits per heavy atom. The molecule has 0 amide bonds. The van der Waals surface area contributed by atoms with Crippen molar-refractivity contribution in [2.45, 2.75) is 6.42 Å². The van der Waals surface area contributed by atoms with Crippen LogP contribution in [0.15, 0.2) is 12.1 Å². The highest BCUT2D eigenvalue weighted by atomic mass is 16.5. The van der Waals surface area contributed by atoms with Gasteiger partial charge in [0.05, 0.1) is 25.5 Å². The summed E-state index contributed by atoms with van der Waals surface area (Å²) in [5, 5.41) is 0. The largest absolute Gasteiger partial charge is 0.496 e. The maximum atomic E-state index is 11.9. The number of hydrogen-bond donors (Lipinski definition) is 1. The standard InChI is InChI=1S/C13H20N2O3/c1-15(2)10-8-12(17-3)9(7-13(10)18-4)11(16)5-6-14/h7-8H,5-6,14H2,1-4H3. The molecule has 0 aliphatic rings. The SMILES string of the molecule is COc1cc(N(C)C)c(OC)cc1C(=O)CCN. The average molecular weight is 252 g/mol. The molecule has 1 aromatic rings. The van der Waals surface area contributed by atoms with Gasteiger partial charge in [-0.3, -0.25) is 4.79 Å². The third kappa shape index (κ3) is 2.92. The topological polar surface area (TPSA) is 64.8 Å². The molecular weight excluding hydrogens is 232 g/mol. The van der Waals surface area contributed by atoms with Crippen LogP contribution in [0.4, 0.5) is 5.69 Å². The van der Waals surface area contributed by atoms with Gasteiger partial charge in [-0.2, -0.15) is 0 Å². The number of nitrogens with zero attached hydrogens (tertiary/aromatic N) is 1. The second-order valence-electron chi connectivity index (χ2n) is 4.08. The number of anilines is 1. The summed E-state index contributed by atoms with van der Waals surface area (Å²) in [5.74, 6) is 1.14. The van der Waals surface area contributed by atoms with Crippen molar-refractivity contribution >= 4 is 11.5 Å². The van der Waals surface area contributed by atoms with E-state index < -0.39 is 0 Å². The molecule has 0 saturated heterocycles. The number of hydrogen-bond acceptors (Lipinski definition) is 5. The second-order valence-corrected chi connectivity index (χ2v) is 4.08. The molecule has 0 aromatic heterocycles. The Morgan fingerprint density at radius 1 is 1.22 bits per heavy atom. The average Bonchev–Trinajstić information content (AvgIpc) is 2.37. The van der Waals surface area contributed by atoms with E-state index in [1.165, 1.54) is 0 Å². The van der Waals surface area contributed by atoms with Crippen molar-refractivity contribution in [1.29, 1.82) is 0 Å². The van der Waals surface area contributed by atoms with E-state index >= 15 is 0 Å². The van der Waals surface area contributed by atoms with Crippen LogP contribution in [0, 0.1) is 0 Å². The lowest BCUT2D eigenvalue weighted by Crippen LogP contribution is -2.13. The molecule has 0 aliphatic carbocycles. The monoisotopic (exact) mass is 252 g/mol. The molecule has 2 N–H and O–H groups in total. The van der Waals surface area contributed by atoms with Gasteiger partial charge in [-0.25, -0.2) is 0 Å². The molecule has 0 bridgehead atoms. The fourth-order valence-corrected chi connectivity index (χ4v) is 1.71. The molecule has 1 aromatic carbocycles. The van der Waals surface area contributed by atoms with Gasteiger partial charge in [-0.1, -0.05) is 0 Å². The molecule has 0 fully saturated rings. The summed E-state index contributed by atoms with van der Waals surface area (Å²) in [6.45, 7) is 0.319. The van der Waals surface area contributed by atoms with Gasteiger partial charge in [0.25, 0.3) is 0 Å². The van der Waals surface area contributed by atoms with Crippen LogP contribution in [0.25, 0.3) is 0 Å². The number of Topliss-reactive ketones (excluding diaryl/α,β-unsaturated/α-hetero) is 1. The fourth-order valence-electron chi connectivity index (χ4n) is 1.71. The minimum Gasteiger partial charge on any atom is -0.496 e. The predicted octanol–water partition coefficient (Wildman–Crippen LogP) is 1.30. The molecule has 100 valence electrons. The summed E-state index contributed by atoms with van der Waals surface area (Å²) < 4.78 is 10.6. The number of ketones is 1. The van der Waals surface area contributed by atoms with Gasteiger partial charge in [-0.05, 0) is 12.6 Å². The summed E-state index contributed by atoms with van der Waals surface area (Å²) in [7, 11) is 6.92. The number of carbonyl (C=O) groups is 1. The first-order valence-corrected chi connectivity index (χ1v) is 5.71. The third-order valence-electron chi connectivity index (χ3n) is 2.65. The van der Waals surface area contributed by atoms with Crippen molar-refractivity contribution in [3.8, 4) is 11.5 Å². The molecule has 5 heteroatoms. The summed E-state index contributed by atoms with van der Waals surface area (Å²) in [6, 6.07) is 3.49. The normalized spacial score (nSPS) is 10.1. The zero-order valence-corrected chi connectivity index (χ0v) is 11.3. The van der Waals surface area contributed by atoms with Crippen molar-refractivity contribution < 1.29 is 14.3 Å². The summed E-state index contributed by atoms with van der Waals surface area (Å²) in [5.41, 5.74) is 6.77. The predicted molar refractivity (Wildman–Crippen MR) is 71.9 cm³/mol. The van der Waals surface area contributed by atoms with E-state index in [1.54, 1.807) is 26.4 Å². The van der Waals surface area contributed by atoms with Crippen LogP contribution in [0.2, 0.25) is 0 Å². The molecule has 0 heterocycles. The molecule has 0 spiro atoms. The minimum atomic E-state index is -0.0436. The van der Waals surface area contributed by atoms with Gasteiger partial charge >= 0.3 is 0 Å². The molecule has 0 atom stereocenters. The molecule has 0 radical (unpaired) electrons. The van der Waals surface area contributed by atoms with Gasteiger partial charge in [0.15, 0.2) is 5.78 Å². The van der Waals surface area contributed by atoms with Gasteiger partial charge in [0.2, 0.25) is 0 Å². The van der Waals surface area contributed by atoms with Crippen molar-refractivity contribution in [3.05, 3.63) is 17.7 Å². The van der Waals surface area contributed by atoms with E-state index in [1.807, 2.05) is 19.0 Å². The molecular formula is C13H20N2O3. The van der Waals surface area contributed by atoms with Crippen LogP contribution < -0.4 is 20.1 Å². The lowest BCUT2D eigenvalue weighted by Gasteiger charge is -2.19. The lowest BCUT2D eigenvalue weighted by atomic mass is 10.1. The number of ether oxygens (including phenoxy) is 2. The maximum Gasteiger partial charge on any atom is 0.167 e. The van der Waals surface area contributed by atoms with E-state index in [9.17, 15) is 4.79 Å². The maximum absolute atomic E-state index is 11.9. The highest BCUT2D eigenvalue weighted by Gasteiger charge is 2.17. The summed E-state index contributed by atoms with van der Waals surface area (Å²) >= 11 is 0. The highest BCUT2D eigenvalue weighted by Crippen LogP contribution is 2.34. The first-order valence-electron chi connectivity index (χ1n) is 5.71. The Labute approximate surface area is 107 Å². The van der Waals surface area contributed by atoms with Crippen molar-refractivity contribution in [2.75, 3.05) is 39.8 Å². The number of rotatable bonds is 6. The molecule has 0 aliphatic heterocycles. The second kappa shape index (κ2) is 6.26. The Kier molecular flexibility index (Phi) is 4.97. The van der Waals surface area contributed by atoms with Crippen LogP contribution in [0.1, 0.15) is 16.8 Å².